The molecule has 2 N–H and O–H groups in total. The van der Waals surface area contributed by atoms with Crippen LogP contribution in [0.5, 0.6) is 0 Å². The molecule has 2 rings (SSSR count). The van der Waals surface area contributed by atoms with E-state index >= 15 is 0 Å². The third-order valence-corrected chi connectivity index (χ3v) is 4.22. The van der Waals surface area contributed by atoms with Crippen molar-refractivity contribution in [2.45, 2.75) is 33.1 Å². The van der Waals surface area contributed by atoms with Gasteiger partial charge >= 0.3 is 0 Å². The van der Waals surface area contributed by atoms with E-state index in [9.17, 15) is 4.79 Å². The fraction of sp³-hybridized carbons (Fsp3) is 0.533. The highest BCUT2D eigenvalue weighted by atomic mass is 16.1. The summed E-state index contributed by atoms with van der Waals surface area (Å²) in [6.07, 6.45) is 1.20. The van der Waals surface area contributed by atoms with Gasteiger partial charge in [0.15, 0.2) is 0 Å². The molecular weight excluding hydrogens is 210 g/mol. The normalized spacial score (nSPS) is 26.3. The van der Waals surface area contributed by atoms with Gasteiger partial charge in [0.05, 0.1) is 0 Å². The van der Waals surface area contributed by atoms with Crippen molar-refractivity contribution < 1.29 is 4.79 Å². The van der Waals surface area contributed by atoms with Crippen molar-refractivity contribution >= 4 is 5.91 Å². The van der Waals surface area contributed by atoms with Gasteiger partial charge in [-0.15, -0.1) is 0 Å². The summed E-state index contributed by atoms with van der Waals surface area (Å²) in [6.45, 7) is 6.21. The van der Waals surface area contributed by atoms with E-state index in [4.69, 9.17) is 5.73 Å². The lowest BCUT2D eigenvalue weighted by atomic mass is 9.89. The molecule has 1 aliphatic carbocycles. The standard InChI is InChI=1S/C15H21NO/c1-9-5-4-6-12(7-9)14-8-13(14)10(2)11(3)15(16)17/h4-7,10-11,13-14H,8H2,1-3H3,(H2,16,17). The zero-order valence-electron chi connectivity index (χ0n) is 10.8. The van der Waals surface area contributed by atoms with Crippen molar-refractivity contribution in [3.8, 4) is 0 Å². The van der Waals surface area contributed by atoms with E-state index in [1.54, 1.807) is 0 Å². The van der Waals surface area contributed by atoms with Crippen molar-refractivity contribution in [1.82, 2.24) is 0 Å². The molecule has 2 nitrogen and oxygen atoms in total. The van der Waals surface area contributed by atoms with Crippen LogP contribution in [0.25, 0.3) is 0 Å². The van der Waals surface area contributed by atoms with Gasteiger partial charge in [0.25, 0.3) is 0 Å². The van der Waals surface area contributed by atoms with Crippen LogP contribution in [0.3, 0.4) is 0 Å². The number of carbonyl (C=O) groups is 1. The Labute approximate surface area is 103 Å². The van der Waals surface area contributed by atoms with Crippen molar-refractivity contribution in [2.75, 3.05) is 0 Å². The Morgan fingerprint density at radius 2 is 2.12 bits per heavy atom. The van der Waals surface area contributed by atoms with Crippen LogP contribution in [0.15, 0.2) is 24.3 Å². The lowest BCUT2D eigenvalue weighted by molar-refractivity contribution is -0.122. The zero-order chi connectivity index (χ0) is 12.6. The highest BCUT2D eigenvalue weighted by Crippen LogP contribution is 2.53. The second-order valence-corrected chi connectivity index (χ2v) is 5.47. The number of rotatable bonds is 4. The van der Waals surface area contributed by atoms with Gasteiger partial charge in [-0.2, -0.15) is 0 Å². The van der Waals surface area contributed by atoms with Gasteiger partial charge in [0.1, 0.15) is 0 Å². The first-order valence-electron chi connectivity index (χ1n) is 6.36. The minimum atomic E-state index is -0.174. The number of primary amides is 1. The molecule has 1 saturated carbocycles. The molecule has 0 aromatic heterocycles. The van der Waals surface area contributed by atoms with Gasteiger partial charge in [-0.05, 0) is 36.7 Å². The Balaban J connectivity index is 2.03. The van der Waals surface area contributed by atoms with Crippen LogP contribution in [0.4, 0.5) is 0 Å². The Morgan fingerprint density at radius 3 is 2.71 bits per heavy atom. The topological polar surface area (TPSA) is 43.1 Å². The largest absolute Gasteiger partial charge is 0.369 e. The van der Waals surface area contributed by atoms with Crippen molar-refractivity contribution in [2.24, 2.45) is 23.5 Å². The number of carbonyl (C=O) groups excluding carboxylic acids is 1. The number of nitrogens with two attached hydrogens (primary N) is 1. The molecule has 0 heterocycles. The third-order valence-electron chi connectivity index (χ3n) is 4.22. The fourth-order valence-corrected chi connectivity index (χ4v) is 2.71. The minimum absolute atomic E-state index is 0.0187. The van der Waals surface area contributed by atoms with Crippen LogP contribution in [-0.4, -0.2) is 5.91 Å². The maximum Gasteiger partial charge on any atom is 0.220 e. The molecule has 17 heavy (non-hydrogen) atoms. The van der Waals surface area contributed by atoms with Crippen LogP contribution in [0.1, 0.15) is 37.3 Å². The van der Waals surface area contributed by atoms with Crippen LogP contribution >= 0.6 is 0 Å². The molecule has 2 heteroatoms. The molecule has 1 amide bonds. The van der Waals surface area contributed by atoms with Crippen molar-refractivity contribution in [3.63, 3.8) is 0 Å². The van der Waals surface area contributed by atoms with E-state index in [1.807, 2.05) is 6.92 Å². The maximum atomic E-state index is 11.2. The summed E-state index contributed by atoms with van der Waals surface area (Å²) in [5.74, 6) is 1.45. The second kappa shape index (κ2) is 4.52. The van der Waals surface area contributed by atoms with Crippen LogP contribution < -0.4 is 5.73 Å². The lowest BCUT2D eigenvalue weighted by Gasteiger charge is -2.16. The first-order chi connectivity index (χ1) is 8.00. The number of aryl methyl sites for hydroxylation is 1. The quantitative estimate of drug-likeness (QED) is 0.850. The summed E-state index contributed by atoms with van der Waals surface area (Å²) in [6, 6.07) is 8.68. The molecule has 0 saturated heterocycles. The molecule has 4 atom stereocenters. The molecule has 0 spiro atoms. The van der Waals surface area contributed by atoms with Gasteiger partial charge in [-0.3, -0.25) is 4.79 Å². The van der Waals surface area contributed by atoms with Gasteiger partial charge < -0.3 is 5.73 Å². The molecule has 0 bridgehead atoms. The number of benzene rings is 1. The monoisotopic (exact) mass is 231 g/mol. The molecule has 92 valence electrons. The summed E-state index contributed by atoms with van der Waals surface area (Å²) in [5.41, 5.74) is 8.10. The molecule has 1 aromatic rings. The molecule has 1 aliphatic rings. The van der Waals surface area contributed by atoms with Crippen LogP contribution in [0, 0.1) is 24.7 Å². The van der Waals surface area contributed by atoms with E-state index in [2.05, 4.69) is 38.1 Å². The first kappa shape index (κ1) is 12.2. The summed E-state index contributed by atoms with van der Waals surface area (Å²) in [4.78, 5) is 11.2. The lowest BCUT2D eigenvalue weighted by Crippen LogP contribution is -2.27. The molecule has 1 fully saturated rings. The highest BCUT2D eigenvalue weighted by molar-refractivity contribution is 5.76. The molecule has 4 unspecified atom stereocenters. The predicted molar refractivity (Wildman–Crippen MR) is 69.5 cm³/mol. The molecule has 0 radical (unpaired) electrons. The molecule has 0 aliphatic heterocycles. The SMILES string of the molecule is Cc1cccc(C2CC2C(C)C(C)C(N)=O)c1. The Kier molecular flexibility index (Phi) is 3.23. The van der Waals surface area contributed by atoms with E-state index in [0.29, 0.717) is 17.8 Å². The minimum Gasteiger partial charge on any atom is -0.369 e. The Morgan fingerprint density at radius 1 is 1.41 bits per heavy atom. The van der Waals surface area contributed by atoms with Crippen LogP contribution in [0.2, 0.25) is 0 Å². The van der Waals surface area contributed by atoms with Gasteiger partial charge in [-0.25, -0.2) is 0 Å². The van der Waals surface area contributed by atoms with Gasteiger partial charge in [0.2, 0.25) is 5.91 Å². The van der Waals surface area contributed by atoms with Crippen LogP contribution in [-0.2, 0) is 4.79 Å². The highest BCUT2D eigenvalue weighted by Gasteiger charge is 2.44. The number of hydrogen-bond acceptors (Lipinski definition) is 1. The summed E-state index contributed by atoms with van der Waals surface area (Å²) >= 11 is 0. The third kappa shape index (κ3) is 2.51. The van der Waals surface area contributed by atoms with E-state index < -0.39 is 0 Å². The first-order valence-corrected chi connectivity index (χ1v) is 6.36. The predicted octanol–water partition coefficient (Wildman–Crippen LogP) is 2.86. The zero-order valence-corrected chi connectivity index (χ0v) is 10.8. The maximum absolute atomic E-state index is 11.2. The van der Waals surface area contributed by atoms with E-state index in [0.717, 1.165) is 0 Å². The van der Waals surface area contributed by atoms with Crippen molar-refractivity contribution in [1.29, 1.82) is 0 Å². The van der Waals surface area contributed by atoms with E-state index in [-0.39, 0.29) is 11.8 Å². The van der Waals surface area contributed by atoms with E-state index in [1.165, 1.54) is 17.5 Å². The summed E-state index contributed by atoms with van der Waals surface area (Å²) < 4.78 is 0. The average molecular weight is 231 g/mol. The van der Waals surface area contributed by atoms with Gasteiger partial charge in [0, 0.05) is 5.92 Å². The summed E-state index contributed by atoms with van der Waals surface area (Å²) in [5, 5.41) is 0. The smallest absolute Gasteiger partial charge is 0.220 e. The Bertz CT molecular complexity index is 427. The van der Waals surface area contributed by atoms with Gasteiger partial charge in [-0.1, -0.05) is 43.7 Å². The summed E-state index contributed by atoms with van der Waals surface area (Å²) in [7, 11) is 0. The molecule has 1 aromatic carbocycles. The number of hydrogen-bond donors (Lipinski definition) is 1. The number of amides is 1. The molecular formula is C15H21NO. The second-order valence-electron chi connectivity index (χ2n) is 5.47. The van der Waals surface area contributed by atoms with Crippen molar-refractivity contribution in [3.05, 3.63) is 35.4 Å². The Hall–Kier alpha value is -1.31. The average Bonchev–Trinajstić information content (AvgIpc) is 3.07. The fourth-order valence-electron chi connectivity index (χ4n) is 2.71.